The van der Waals surface area contributed by atoms with Crippen LogP contribution in [0.25, 0.3) is 11.1 Å². The van der Waals surface area contributed by atoms with Crippen LogP contribution in [0.4, 0.5) is 4.79 Å². The van der Waals surface area contributed by atoms with E-state index in [2.05, 4.69) is 44.9 Å². The minimum absolute atomic E-state index is 0.000727. The van der Waals surface area contributed by atoms with Crippen molar-refractivity contribution in [2.75, 3.05) is 13.2 Å². The van der Waals surface area contributed by atoms with Gasteiger partial charge in [0.1, 0.15) is 12.6 Å². The Morgan fingerprint density at radius 3 is 2.34 bits per heavy atom. The van der Waals surface area contributed by atoms with Crippen molar-refractivity contribution < 1.29 is 24.2 Å². The number of carbonyl (C=O) groups excluding carboxylic acids is 2. The summed E-state index contributed by atoms with van der Waals surface area (Å²) in [4.78, 5) is 42.4. The molecule has 0 aliphatic heterocycles. The van der Waals surface area contributed by atoms with Crippen LogP contribution >= 0.6 is 0 Å². The average Bonchev–Trinajstić information content (AvgIpc) is 3.48. The van der Waals surface area contributed by atoms with Crippen molar-refractivity contribution >= 4 is 18.0 Å². The number of nitrogens with one attached hydrogen (secondary N) is 3. The van der Waals surface area contributed by atoms with Crippen molar-refractivity contribution in [3.8, 4) is 11.1 Å². The molecule has 0 radical (unpaired) electrons. The highest BCUT2D eigenvalue weighted by Crippen LogP contribution is 2.44. The normalized spacial score (nSPS) is 12.9. The monoisotopic (exact) mass is 476 g/mol. The Labute approximate surface area is 202 Å². The molecule has 0 spiro atoms. The Hall–Kier alpha value is -4.14. The number of aromatic nitrogens is 2. The van der Waals surface area contributed by atoms with E-state index in [1.165, 1.54) is 23.7 Å². The number of rotatable bonds is 11. The van der Waals surface area contributed by atoms with Crippen LogP contribution in [-0.4, -0.2) is 52.2 Å². The van der Waals surface area contributed by atoms with E-state index >= 15 is 0 Å². The number of benzene rings is 2. The quantitative estimate of drug-likeness (QED) is 0.314. The molecule has 1 aliphatic carbocycles. The molecule has 2 amide bonds. The van der Waals surface area contributed by atoms with Crippen LogP contribution in [0.1, 0.15) is 42.0 Å². The van der Waals surface area contributed by atoms with Crippen LogP contribution in [0.2, 0.25) is 0 Å². The smallest absolute Gasteiger partial charge is 0.407 e. The molecule has 0 fully saturated rings. The Bertz CT molecular complexity index is 1130. The molecule has 1 aliphatic rings. The maximum atomic E-state index is 12.2. The number of unbranched alkanes of at least 4 members (excludes halogenated alkanes) is 1. The first-order valence-electron chi connectivity index (χ1n) is 11.6. The lowest BCUT2D eigenvalue weighted by Gasteiger charge is -2.15. The van der Waals surface area contributed by atoms with Crippen molar-refractivity contribution in [3.05, 3.63) is 77.9 Å². The second-order valence-electron chi connectivity index (χ2n) is 8.45. The summed E-state index contributed by atoms with van der Waals surface area (Å²) >= 11 is 0. The van der Waals surface area contributed by atoms with Crippen molar-refractivity contribution in [2.45, 2.75) is 37.6 Å². The maximum absolute atomic E-state index is 12.2. The lowest BCUT2D eigenvalue weighted by Crippen LogP contribution is -2.42. The lowest BCUT2D eigenvalue weighted by molar-refractivity contribution is -0.141. The number of imidazole rings is 1. The standard InChI is InChI=1S/C26H28N4O5/c31-24(30-23(25(32)33)13-17-14-27-16-29-17)11-5-6-12-28-26(34)35-15-22-20-9-3-1-7-18(20)19-8-2-4-10-21(19)22/h1-4,7-10,14,16,22-23H,5-6,11-13,15H2,(H,27,29)(H,28,34)(H,30,31)(H,32,33)/t23-/m1/s1. The van der Waals surface area contributed by atoms with Gasteiger partial charge in [-0.15, -0.1) is 0 Å². The molecule has 0 saturated heterocycles. The SMILES string of the molecule is O=C(CCCCNC(=O)OCC1c2ccccc2-c2ccccc21)N[C@H](Cc1cnc[nH]1)C(=O)O. The summed E-state index contributed by atoms with van der Waals surface area (Å²) in [6.45, 7) is 0.607. The van der Waals surface area contributed by atoms with E-state index in [0.29, 0.717) is 25.1 Å². The van der Waals surface area contributed by atoms with Crippen molar-refractivity contribution in [3.63, 3.8) is 0 Å². The Kier molecular flexibility index (Phi) is 7.77. The number of ether oxygens (including phenoxy) is 1. The highest BCUT2D eigenvalue weighted by Gasteiger charge is 2.29. The molecule has 4 rings (SSSR count). The Morgan fingerprint density at radius 1 is 1.03 bits per heavy atom. The molecule has 1 aromatic heterocycles. The highest BCUT2D eigenvalue weighted by atomic mass is 16.5. The number of carbonyl (C=O) groups is 3. The van der Waals surface area contributed by atoms with Gasteiger partial charge in [0.2, 0.25) is 5.91 Å². The number of H-pyrrole nitrogens is 1. The molecule has 9 heteroatoms. The third kappa shape index (κ3) is 6.06. The molecule has 1 atom stereocenters. The Balaban J connectivity index is 1.15. The van der Waals surface area contributed by atoms with Crippen LogP contribution in [-0.2, 0) is 20.7 Å². The summed E-state index contributed by atoms with van der Waals surface area (Å²) in [5.41, 5.74) is 5.28. The number of carboxylic acids is 1. The van der Waals surface area contributed by atoms with Gasteiger partial charge in [0.05, 0.1) is 6.33 Å². The second kappa shape index (κ2) is 11.3. The van der Waals surface area contributed by atoms with Crippen molar-refractivity contribution in [2.24, 2.45) is 0 Å². The summed E-state index contributed by atoms with van der Waals surface area (Å²) in [7, 11) is 0. The van der Waals surface area contributed by atoms with Crippen LogP contribution in [0, 0.1) is 0 Å². The van der Waals surface area contributed by atoms with Crippen molar-refractivity contribution in [1.29, 1.82) is 0 Å². The molecular formula is C26H28N4O5. The molecule has 4 N–H and O–H groups in total. The van der Waals surface area contributed by atoms with Gasteiger partial charge < -0.3 is 25.5 Å². The zero-order valence-electron chi connectivity index (χ0n) is 19.2. The van der Waals surface area contributed by atoms with Gasteiger partial charge in [-0.2, -0.15) is 0 Å². The molecule has 0 bridgehead atoms. The molecule has 35 heavy (non-hydrogen) atoms. The summed E-state index contributed by atoms with van der Waals surface area (Å²) in [5, 5.41) is 14.6. The zero-order chi connectivity index (χ0) is 24.6. The molecule has 3 aromatic rings. The first-order chi connectivity index (χ1) is 17.0. The number of nitrogens with zero attached hydrogens (tertiary/aromatic N) is 1. The number of aliphatic carboxylic acids is 1. The minimum Gasteiger partial charge on any atom is -0.480 e. The second-order valence-corrected chi connectivity index (χ2v) is 8.45. The van der Waals surface area contributed by atoms with E-state index in [0.717, 1.165) is 11.1 Å². The third-order valence-electron chi connectivity index (χ3n) is 6.06. The van der Waals surface area contributed by atoms with Crippen molar-refractivity contribution in [1.82, 2.24) is 20.6 Å². The average molecular weight is 477 g/mol. The molecular weight excluding hydrogens is 448 g/mol. The predicted molar refractivity (Wildman–Crippen MR) is 129 cm³/mol. The molecule has 182 valence electrons. The van der Waals surface area contributed by atoms with Gasteiger partial charge in [-0.1, -0.05) is 48.5 Å². The molecule has 0 saturated carbocycles. The third-order valence-corrected chi connectivity index (χ3v) is 6.06. The molecule has 2 aromatic carbocycles. The number of aromatic amines is 1. The van der Waals surface area contributed by atoms with Crippen LogP contribution in [0.15, 0.2) is 61.1 Å². The van der Waals surface area contributed by atoms with Gasteiger partial charge in [-0.3, -0.25) is 4.79 Å². The number of carboxylic acid groups (broad SMARTS) is 1. The van der Waals surface area contributed by atoms with E-state index in [1.54, 1.807) is 0 Å². The van der Waals surface area contributed by atoms with E-state index in [9.17, 15) is 19.5 Å². The summed E-state index contributed by atoms with van der Waals surface area (Å²) in [5.74, 6) is -1.45. The highest BCUT2D eigenvalue weighted by molar-refractivity contribution is 5.83. The number of amides is 2. The summed E-state index contributed by atoms with van der Waals surface area (Å²) < 4.78 is 5.49. The van der Waals surface area contributed by atoms with E-state index in [-0.39, 0.29) is 31.3 Å². The first-order valence-corrected chi connectivity index (χ1v) is 11.6. The molecule has 1 heterocycles. The van der Waals surface area contributed by atoms with Crippen LogP contribution in [0.3, 0.4) is 0 Å². The van der Waals surface area contributed by atoms with E-state index in [4.69, 9.17) is 4.74 Å². The summed E-state index contributed by atoms with van der Waals surface area (Å²) in [6.07, 6.45) is 3.85. The van der Waals surface area contributed by atoms with Gasteiger partial charge in [-0.05, 0) is 35.1 Å². The summed E-state index contributed by atoms with van der Waals surface area (Å²) in [6, 6.07) is 15.3. The number of alkyl carbamates (subject to hydrolysis) is 1. The van der Waals surface area contributed by atoms with Gasteiger partial charge in [0.25, 0.3) is 0 Å². The first kappa shape index (κ1) is 24.0. The largest absolute Gasteiger partial charge is 0.480 e. The van der Waals surface area contributed by atoms with E-state index in [1.807, 2.05) is 24.3 Å². The van der Waals surface area contributed by atoms with Gasteiger partial charge in [0, 0.05) is 37.2 Å². The van der Waals surface area contributed by atoms with Gasteiger partial charge in [-0.25, -0.2) is 14.6 Å². The molecule has 9 nitrogen and oxygen atoms in total. The number of hydrogen-bond donors (Lipinski definition) is 4. The number of hydrogen-bond acceptors (Lipinski definition) is 5. The number of fused-ring (bicyclic) bond motifs is 3. The lowest BCUT2D eigenvalue weighted by atomic mass is 9.98. The van der Waals surface area contributed by atoms with Gasteiger partial charge >= 0.3 is 12.1 Å². The zero-order valence-corrected chi connectivity index (χ0v) is 19.2. The van der Waals surface area contributed by atoms with E-state index < -0.39 is 18.1 Å². The van der Waals surface area contributed by atoms with Crippen LogP contribution < -0.4 is 10.6 Å². The fraction of sp³-hybridized carbons (Fsp3) is 0.308. The topological polar surface area (TPSA) is 133 Å². The minimum atomic E-state index is -1.11. The van der Waals surface area contributed by atoms with Crippen LogP contribution in [0.5, 0.6) is 0 Å². The predicted octanol–water partition coefficient (Wildman–Crippen LogP) is 3.23. The van der Waals surface area contributed by atoms with Gasteiger partial charge in [0.15, 0.2) is 0 Å². The fourth-order valence-electron chi connectivity index (χ4n) is 4.33. The fourth-order valence-corrected chi connectivity index (χ4v) is 4.33. The molecule has 0 unspecified atom stereocenters. The maximum Gasteiger partial charge on any atom is 0.407 e. The Morgan fingerprint density at radius 2 is 1.71 bits per heavy atom.